The highest BCUT2D eigenvalue weighted by Crippen LogP contribution is 2.31. The van der Waals surface area contributed by atoms with Crippen molar-refractivity contribution in [3.05, 3.63) is 59.7 Å². The summed E-state index contributed by atoms with van der Waals surface area (Å²) in [7, 11) is 0. The fourth-order valence-corrected chi connectivity index (χ4v) is 2.89. The van der Waals surface area contributed by atoms with Crippen LogP contribution in [0.5, 0.6) is 0 Å². The maximum atomic E-state index is 11.6. The predicted molar refractivity (Wildman–Crippen MR) is 86.7 cm³/mol. The highest BCUT2D eigenvalue weighted by molar-refractivity contribution is 5.94. The van der Waals surface area contributed by atoms with E-state index in [1.807, 2.05) is 17.0 Å². The Morgan fingerprint density at radius 3 is 2.67 bits per heavy atom. The molecule has 0 radical (unpaired) electrons. The van der Waals surface area contributed by atoms with E-state index < -0.39 is 0 Å². The molecule has 1 aliphatic heterocycles. The van der Waals surface area contributed by atoms with E-state index in [0.29, 0.717) is 0 Å². The molecule has 0 aromatic heterocycles. The topological polar surface area (TPSA) is 32.3 Å². The number of hydrogen-bond donors (Lipinski definition) is 1. The van der Waals surface area contributed by atoms with E-state index in [4.69, 9.17) is 0 Å². The van der Waals surface area contributed by atoms with E-state index in [1.165, 1.54) is 11.1 Å². The lowest BCUT2D eigenvalue weighted by Crippen LogP contribution is -2.25. The van der Waals surface area contributed by atoms with E-state index in [9.17, 15) is 4.79 Å². The molecule has 3 rings (SSSR count). The van der Waals surface area contributed by atoms with Gasteiger partial charge in [-0.1, -0.05) is 30.3 Å². The third-order valence-corrected chi connectivity index (χ3v) is 4.04. The molecule has 1 amide bonds. The van der Waals surface area contributed by atoms with Gasteiger partial charge in [-0.3, -0.25) is 4.79 Å². The van der Waals surface area contributed by atoms with Crippen LogP contribution in [-0.2, 0) is 11.2 Å². The molecular formula is C18H20N2O. The molecule has 3 heteroatoms. The standard InChI is InChI=1S/C18H20N2O/c1-13(15-6-4-3-5-7-15)19-17-8-9-18-16(12-17)10-11-20(18)14(2)21/h3-9,12-13,19H,10-11H2,1-2H3. The fourth-order valence-electron chi connectivity index (χ4n) is 2.89. The Hall–Kier alpha value is -2.29. The Labute approximate surface area is 125 Å². The Morgan fingerprint density at radius 1 is 1.19 bits per heavy atom. The quantitative estimate of drug-likeness (QED) is 0.928. The van der Waals surface area contributed by atoms with Crippen molar-refractivity contribution < 1.29 is 4.79 Å². The van der Waals surface area contributed by atoms with Crippen LogP contribution in [0, 0.1) is 0 Å². The highest BCUT2D eigenvalue weighted by Gasteiger charge is 2.22. The monoisotopic (exact) mass is 280 g/mol. The van der Waals surface area contributed by atoms with Crippen LogP contribution < -0.4 is 10.2 Å². The summed E-state index contributed by atoms with van der Waals surface area (Å²) in [5, 5.41) is 3.53. The van der Waals surface area contributed by atoms with Gasteiger partial charge in [0.25, 0.3) is 0 Å². The average Bonchev–Trinajstić information content (AvgIpc) is 2.91. The van der Waals surface area contributed by atoms with Crippen molar-refractivity contribution in [2.75, 3.05) is 16.8 Å². The van der Waals surface area contributed by atoms with Gasteiger partial charge in [-0.05, 0) is 42.7 Å². The number of nitrogens with zero attached hydrogens (tertiary/aromatic N) is 1. The molecule has 1 aliphatic rings. The summed E-state index contributed by atoms with van der Waals surface area (Å²) in [5.74, 6) is 0.118. The summed E-state index contributed by atoms with van der Waals surface area (Å²) >= 11 is 0. The van der Waals surface area contributed by atoms with Gasteiger partial charge >= 0.3 is 0 Å². The summed E-state index contributed by atoms with van der Waals surface area (Å²) in [6.45, 7) is 4.57. The van der Waals surface area contributed by atoms with Gasteiger partial charge in [-0.15, -0.1) is 0 Å². The third-order valence-electron chi connectivity index (χ3n) is 4.04. The third kappa shape index (κ3) is 2.77. The Bertz CT molecular complexity index is 652. The number of nitrogens with one attached hydrogen (secondary N) is 1. The van der Waals surface area contributed by atoms with Crippen molar-refractivity contribution in [3.63, 3.8) is 0 Å². The first kappa shape index (κ1) is 13.7. The Morgan fingerprint density at radius 2 is 1.95 bits per heavy atom. The minimum Gasteiger partial charge on any atom is -0.379 e. The molecule has 21 heavy (non-hydrogen) atoms. The van der Waals surface area contributed by atoms with Gasteiger partial charge in [0.15, 0.2) is 0 Å². The molecule has 2 aromatic rings. The van der Waals surface area contributed by atoms with E-state index in [1.54, 1.807) is 6.92 Å². The number of rotatable bonds is 3. The predicted octanol–water partition coefficient (Wildman–Crippen LogP) is 3.77. The summed E-state index contributed by atoms with van der Waals surface area (Å²) in [5.41, 5.74) is 4.68. The summed E-state index contributed by atoms with van der Waals surface area (Å²) in [4.78, 5) is 13.4. The van der Waals surface area contributed by atoms with Crippen LogP contribution in [0.2, 0.25) is 0 Å². The first-order valence-corrected chi connectivity index (χ1v) is 7.37. The molecule has 0 fully saturated rings. The molecular weight excluding hydrogens is 260 g/mol. The van der Waals surface area contributed by atoms with Crippen LogP contribution in [0.3, 0.4) is 0 Å². The molecule has 0 bridgehead atoms. The van der Waals surface area contributed by atoms with E-state index in [-0.39, 0.29) is 11.9 Å². The number of hydrogen-bond acceptors (Lipinski definition) is 2. The second-order valence-electron chi connectivity index (χ2n) is 5.54. The van der Waals surface area contributed by atoms with E-state index in [0.717, 1.165) is 24.3 Å². The lowest BCUT2D eigenvalue weighted by molar-refractivity contribution is -0.116. The highest BCUT2D eigenvalue weighted by atomic mass is 16.2. The first-order valence-electron chi connectivity index (χ1n) is 7.37. The number of carbonyl (C=O) groups excluding carboxylic acids is 1. The molecule has 1 atom stereocenters. The normalized spacial score (nSPS) is 14.7. The lowest BCUT2D eigenvalue weighted by atomic mass is 10.1. The van der Waals surface area contributed by atoms with Crippen molar-refractivity contribution >= 4 is 17.3 Å². The van der Waals surface area contributed by atoms with Gasteiger partial charge in [0.05, 0.1) is 0 Å². The van der Waals surface area contributed by atoms with Gasteiger partial charge in [-0.25, -0.2) is 0 Å². The molecule has 108 valence electrons. The molecule has 1 heterocycles. The number of amides is 1. The average molecular weight is 280 g/mol. The molecule has 3 nitrogen and oxygen atoms in total. The van der Waals surface area contributed by atoms with Gasteiger partial charge in [-0.2, -0.15) is 0 Å². The largest absolute Gasteiger partial charge is 0.379 e. The van der Waals surface area contributed by atoms with Crippen molar-refractivity contribution in [3.8, 4) is 0 Å². The van der Waals surface area contributed by atoms with Gasteiger partial charge in [0, 0.05) is 30.9 Å². The van der Waals surface area contributed by atoms with E-state index >= 15 is 0 Å². The van der Waals surface area contributed by atoms with Crippen LogP contribution in [0.15, 0.2) is 48.5 Å². The minimum atomic E-state index is 0.118. The zero-order valence-corrected chi connectivity index (χ0v) is 12.5. The van der Waals surface area contributed by atoms with Crippen molar-refractivity contribution in [2.45, 2.75) is 26.3 Å². The number of benzene rings is 2. The molecule has 1 N–H and O–H groups in total. The summed E-state index contributed by atoms with van der Waals surface area (Å²) in [6.07, 6.45) is 0.935. The Balaban J connectivity index is 1.78. The second-order valence-corrected chi connectivity index (χ2v) is 5.54. The molecule has 0 saturated carbocycles. The molecule has 0 aliphatic carbocycles. The molecule has 0 saturated heterocycles. The molecule has 1 unspecified atom stereocenters. The van der Waals surface area contributed by atoms with Crippen LogP contribution >= 0.6 is 0 Å². The van der Waals surface area contributed by atoms with E-state index in [2.05, 4.69) is 48.6 Å². The first-order chi connectivity index (χ1) is 10.1. The number of anilines is 2. The maximum absolute atomic E-state index is 11.6. The van der Waals surface area contributed by atoms with Crippen molar-refractivity contribution in [1.29, 1.82) is 0 Å². The smallest absolute Gasteiger partial charge is 0.223 e. The lowest BCUT2D eigenvalue weighted by Gasteiger charge is -2.18. The van der Waals surface area contributed by atoms with Gasteiger partial charge in [0.2, 0.25) is 5.91 Å². The van der Waals surface area contributed by atoms with Gasteiger partial charge < -0.3 is 10.2 Å². The van der Waals surface area contributed by atoms with Crippen LogP contribution in [0.1, 0.15) is 31.0 Å². The zero-order chi connectivity index (χ0) is 14.8. The number of carbonyl (C=O) groups is 1. The Kier molecular flexibility index (Phi) is 3.65. The number of fused-ring (bicyclic) bond motifs is 1. The SMILES string of the molecule is CC(=O)N1CCc2cc(NC(C)c3ccccc3)ccc21. The van der Waals surface area contributed by atoms with Gasteiger partial charge in [0.1, 0.15) is 0 Å². The summed E-state index contributed by atoms with van der Waals surface area (Å²) in [6, 6.07) is 16.9. The van der Waals surface area contributed by atoms with Crippen LogP contribution in [0.4, 0.5) is 11.4 Å². The fraction of sp³-hybridized carbons (Fsp3) is 0.278. The zero-order valence-electron chi connectivity index (χ0n) is 12.5. The van der Waals surface area contributed by atoms with Crippen LogP contribution in [0.25, 0.3) is 0 Å². The minimum absolute atomic E-state index is 0.118. The van der Waals surface area contributed by atoms with Crippen molar-refractivity contribution in [1.82, 2.24) is 0 Å². The second kappa shape index (κ2) is 5.60. The molecule has 2 aromatic carbocycles. The maximum Gasteiger partial charge on any atom is 0.223 e. The summed E-state index contributed by atoms with van der Waals surface area (Å²) < 4.78 is 0. The van der Waals surface area contributed by atoms with Crippen molar-refractivity contribution in [2.24, 2.45) is 0 Å². The molecule has 0 spiro atoms. The van der Waals surface area contributed by atoms with Crippen LogP contribution in [-0.4, -0.2) is 12.5 Å².